The maximum Gasteiger partial charge on any atom is 0.259 e. The van der Waals surface area contributed by atoms with Crippen molar-refractivity contribution in [2.24, 2.45) is 0 Å². The number of H-pyrrole nitrogens is 2. The average Bonchev–Trinajstić information content (AvgIpc) is 4.07. The van der Waals surface area contributed by atoms with Crippen molar-refractivity contribution in [1.29, 1.82) is 0 Å². The van der Waals surface area contributed by atoms with E-state index in [0.29, 0.717) is 22.3 Å². The molecule has 0 fully saturated rings. The lowest BCUT2D eigenvalue weighted by Crippen LogP contribution is -2.26. The van der Waals surface area contributed by atoms with E-state index in [2.05, 4.69) is 60.5 Å². The van der Waals surface area contributed by atoms with Crippen LogP contribution in [0.15, 0.2) is 97.5 Å². The number of imide groups is 2. The second-order valence-electron chi connectivity index (χ2n) is 15.2. The molecule has 4 amide bonds. The smallest absolute Gasteiger partial charge is 0.259 e. The Morgan fingerprint density at radius 1 is 0.518 bits per heavy atom. The number of hydrogen-bond acceptors (Lipinski definition) is 5. The molecule has 5 aliphatic heterocycles. The molecule has 12 rings (SSSR count). The van der Waals surface area contributed by atoms with E-state index in [1.807, 2.05) is 67.0 Å². The molecule has 0 saturated heterocycles. The molecule has 274 valence electrons. The highest BCUT2D eigenvalue weighted by atomic mass is 16.2. The Bertz CT molecular complexity index is 2970. The molecule has 7 aromatic rings. The van der Waals surface area contributed by atoms with Gasteiger partial charge >= 0.3 is 0 Å². The minimum absolute atomic E-state index is 0.303. The number of aromatic amines is 2. The van der Waals surface area contributed by atoms with Crippen LogP contribution in [0.2, 0.25) is 0 Å². The summed E-state index contributed by atoms with van der Waals surface area (Å²) in [5.74, 6) is -1.29. The van der Waals surface area contributed by atoms with Gasteiger partial charge in [-0.05, 0) is 102 Å². The summed E-state index contributed by atoms with van der Waals surface area (Å²) in [6.07, 6.45) is 11.0. The molecule has 8 heterocycles. The molecule has 3 aromatic heterocycles. The highest BCUT2D eigenvalue weighted by Crippen LogP contribution is 2.42. The lowest BCUT2D eigenvalue weighted by atomic mass is 9.90. The van der Waals surface area contributed by atoms with E-state index in [1.54, 1.807) is 0 Å². The van der Waals surface area contributed by atoms with Crippen molar-refractivity contribution < 1.29 is 19.2 Å². The van der Waals surface area contributed by atoms with Gasteiger partial charge in [-0.3, -0.25) is 29.8 Å². The van der Waals surface area contributed by atoms with Crippen molar-refractivity contribution in [3.63, 3.8) is 0 Å². The minimum atomic E-state index is -0.337. The fourth-order valence-corrected chi connectivity index (χ4v) is 9.68. The van der Waals surface area contributed by atoms with Gasteiger partial charge in [0.15, 0.2) is 0 Å². The van der Waals surface area contributed by atoms with Gasteiger partial charge in [0.2, 0.25) is 0 Å². The number of aryl methyl sites for hydroxylation is 3. The first-order valence-electron chi connectivity index (χ1n) is 19.3. The molecule has 5 aliphatic rings. The first-order chi connectivity index (χ1) is 27.4. The maximum atomic E-state index is 12.8. The summed E-state index contributed by atoms with van der Waals surface area (Å²) in [6.45, 7) is 3.19. The van der Waals surface area contributed by atoms with Gasteiger partial charge in [-0.1, -0.05) is 36.4 Å². The number of carbonyl (C=O) groups excluding carboxylic acids is 4. The van der Waals surface area contributed by atoms with E-state index < -0.39 is 0 Å². The Kier molecular flexibility index (Phi) is 7.13. The summed E-state index contributed by atoms with van der Waals surface area (Å²) in [7, 11) is 0. The number of fused-ring (bicyclic) bond motifs is 2. The number of para-hydroxylation sites is 2. The van der Waals surface area contributed by atoms with Crippen LogP contribution >= 0.6 is 0 Å². The van der Waals surface area contributed by atoms with Crippen LogP contribution in [0.3, 0.4) is 0 Å². The Hall–Kier alpha value is -6.94. The summed E-state index contributed by atoms with van der Waals surface area (Å²) < 4.78 is 2.27. The first-order valence-corrected chi connectivity index (χ1v) is 19.3. The summed E-state index contributed by atoms with van der Waals surface area (Å²) in [4.78, 5) is 59.9. The predicted molar refractivity (Wildman–Crippen MR) is 217 cm³/mol. The molecule has 4 N–H and O–H groups in total. The fraction of sp³-hybridized carbons (Fsp3) is 0.174. The number of carbonyl (C=O) groups is 4. The third kappa shape index (κ3) is 4.88. The SMILES string of the molecule is O=C1NC(=O)C(c2c[nH]c3ccccc23)=C1c1cc2c3c(c1)CCN3CCC2.O=C1NC(=O)C(c2c[nH]c3ccccc23)=C1c1cc2c3c(ccn3CCC2)c1. The third-order valence-corrected chi connectivity index (χ3v) is 12.1. The quantitative estimate of drug-likeness (QED) is 0.150. The molecule has 0 radical (unpaired) electrons. The van der Waals surface area contributed by atoms with Crippen LogP contribution in [-0.2, 0) is 45.0 Å². The molecule has 0 atom stereocenters. The second kappa shape index (κ2) is 12.3. The fourth-order valence-electron chi connectivity index (χ4n) is 9.68. The molecule has 0 aliphatic carbocycles. The molecule has 0 spiro atoms. The van der Waals surface area contributed by atoms with Gasteiger partial charge in [-0.25, -0.2) is 0 Å². The summed E-state index contributed by atoms with van der Waals surface area (Å²) in [5, 5.41) is 8.03. The van der Waals surface area contributed by atoms with Crippen molar-refractivity contribution in [1.82, 2.24) is 25.2 Å². The number of anilines is 1. The average molecular weight is 737 g/mol. The molecule has 10 nitrogen and oxygen atoms in total. The molecule has 10 heteroatoms. The van der Waals surface area contributed by atoms with Crippen molar-refractivity contribution in [2.75, 3.05) is 18.0 Å². The van der Waals surface area contributed by atoms with Gasteiger partial charge in [0.1, 0.15) is 0 Å². The lowest BCUT2D eigenvalue weighted by molar-refractivity contribution is -0.124. The van der Waals surface area contributed by atoms with Crippen molar-refractivity contribution in [2.45, 2.75) is 38.6 Å². The van der Waals surface area contributed by atoms with Gasteiger partial charge in [0, 0.05) is 82.2 Å². The number of nitrogens with zero attached hydrogens (tertiary/aromatic N) is 2. The van der Waals surface area contributed by atoms with Crippen LogP contribution in [0.1, 0.15) is 51.8 Å². The zero-order valence-electron chi connectivity index (χ0n) is 30.4. The molecule has 0 bridgehead atoms. The predicted octanol–water partition coefficient (Wildman–Crippen LogP) is 6.68. The molecular formula is C46H36N6O4. The van der Waals surface area contributed by atoms with Gasteiger partial charge in [-0.2, -0.15) is 0 Å². The molecule has 56 heavy (non-hydrogen) atoms. The number of rotatable bonds is 4. The van der Waals surface area contributed by atoms with Crippen LogP contribution in [0.4, 0.5) is 5.69 Å². The highest BCUT2D eigenvalue weighted by molar-refractivity contribution is 6.51. The van der Waals surface area contributed by atoms with E-state index >= 15 is 0 Å². The van der Waals surface area contributed by atoms with Crippen LogP contribution in [0, 0.1) is 0 Å². The van der Waals surface area contributed by atoms with E-state index in [0.717, 1.165) is 101 Å². The molecule has 4 aromatic carbocycles. The van der Waals surface area contributed by atoms with Crippen LogP contribution in [0.25, 0.3) is 55.0 Å². The summed E-state index contributed by atoms with van der Waals surface area (Å²) in [6, 6.07) is 26.1. The Morgan fingerprint density at radius 2 is 1.05 bits per heavy atom. The number of benzene rings is 4. The first kappa shape index (κ1) is 32.5. The Morgan fingerprint density at radius 3 is 1.71 bits per heavy atom. The second-order valence-corrected chi connectivity index (χ2v) is 15.2. The van der Waals surface area contributed by atoms with Gasteiger partial charge in [-0.15, -0.1) is 0 Å². The van der Waals surface area contributed by atoms with Gasteiger partial charge < -0.3 is 19.4 Å². The standard InChI is InChI=1S/C23H19N3O2.C23H17N3O2/c2*27-22-19(15-10-13-4-3-8-26-9-7-14(11-15)21(13)26)20(23(28)25-22)17-12-24-18-6-2-1-5-16(17)18/h1-2,5-6,10-12,24H,3-4,7-9H2,(H,25,27,28);1-2,5-7,9-12,24H,3-4,8H2,(H,25,27,28). The summed E-state index contributed by atoms with van der Waals surface area (Å²) in [5.41, 5.74) is 13.4. The van der Waals surface area contributed by atoms with E-state index in [9.17, 15) is 19.2 Å². The monoisotopic (exact) mass is 736 g/mol. The van der Waals surface area contributed by atoms with Gasteiger partial charge in [0.25, 0.3) is 23.6 Å². The number of nitrogens with one attached hydrogen (secondary N) is 4. The highest BCUT2D eigenvalue weighted by Gasteiger charge is 2.36. The lowest BCUT2D eigenvalue weighted by Gasteiger charge is -2.27. The third-order valence-electron chi connectivity index (χ3n) is 12.1. The summed E-state index contributed by atoms with van der Waals surface area (Å²) >= 11 is 0. The Balaban J connectivity index is 0.000000130. The van der Waals surface area contributed by atoms with Crippen molar-refractivity contribution in [3.05, 3.63) is 136 Å². The van der Waals surface area contributed by atoms with E-state index in [4.69, 9.17) is 0 Å². The minimum Gasteiger partial charge on any atom is -0.371 e. The molecule has 0 saturated carbocycles. The van der Waals surface area contributed by atoms with Crippen LogP contribution < -0.4 is 15.5 Å². The van der Waals surface area contributed by atoms with Crippen LogP contribution in [-0.4, -0.2) is 51.3 Å². The number of hydrogen-bond donors (Lipinski definition) is 4. The van der Waals surface area contributed by atoms with E-state index in [1.165, 1.54) is 27.9 Å². The number of aromatic nitrogens is 3. The van der Waals surface area contributed by atoms with Crippen LogP contribution in [0.5, 0.6) is 0 Å². The largest absolute Gasteiger partial charge is 0.371 e. The van der Waals surface area contributed by atoms with Crippen molar-refractivity contribution >= 4 is 84.3 Å². The van der Waals surface area contributed by atoms with Crippen molar-refractivity contribution in [3.8, 4) is 0 Å². The Labute approximate surface area is 320 Å². The van der Waals surface area contributed by atoms with E-state index in [-0.39, 0.29) is 23.6 Å². The number of amides is 4. The molecular weight excluding hydrogens is 701 g/mol. The normalized spacial score (nSPS) is 17.3. The zero-order chi connectivity index (χ0) is 37.7. The zero-order valence-corrected chi connectivity index (χ0v) is 30.4. The maximum absolute atomic E-state index is 12.8. The van der Waals surface area contributed by atoms with Gasteiger partial charge in [0.05, 0.1) is 27.8 Å². The molecule has 0 unspecified atom stereocenters. The topological polar surface area (TPSA) is 132 Å².